The van der Waals surface area contributed by atoms with Crippen molar-refractivity contribution in [1.29, 1.82) is 0 Å². The fourth-order valence-electron chi connectivity index (χ4n) is 1.85. The molecule has 2 aromatic heterocycles. The normalized spacial score (nSPS) is 15.7. The molecule has 3 rings (SSSR count). The lowest BCUT2D eigenvalue weighted by Gasteiger charge is -2.13. The number of rotatable bonds is 4. The Morgan fingerprint density at radius 2 is 2.30 bits per heavy atom. The maximum Gasteiger partial charge on any atom is 0.321 e. The molecule has 1 saturated carbocycles. The zero-order valence-corrected chi connectivity index (χ0v) is 10.9. The van der Waals surface area contributed by atoms with Crippen molar-refractivity contribution in [3.63, 3.8) is 0 Å². The van der Waals surface area contributed by atoms with Crippen LogP contribution >= 0.6 is 0 Å². The molecular formula is C11H14N8O. The summed E-state index contributed by atoms with van der Waals surface area (Å²) in [6, 6.07) is 3.06. The van der Waals surface area contributed by atoms with Gasteiger partial charge in [0.25, 0.3) is 0 Å². The SMILES string of the molecule is C[C@H](NC(=O)Nc1cccnn1)c1nnnn1C1CC1. The van der Waals surface area contributed by atoms with E-state index in [9.17, 15) is 4.79 Å². The van der Waals surface area contributed by atoms with E-state index in [1.165, 1.54) is 6.20 Å². The highest BCUT2D eigenvalue weighted by Crippen LogP contribution is 2.35. The third-order valence-corrected chi connectivity index (χ3v) is 2.96. The quantitative estimate of drug-likeness (QED) is 0.848. The van der Waals surface area contributed by atoms with Crippen molar-refractivity contribution < 1.29 is 4.79 Å². The van der Waals surface area contributed by atoms with Crippen molar-refractivity contribution in [2.75, 3.05) is 5.32 Å². The average Bonchev–Trinajstić information content (AvgIpc) is 3.16. The van der Waals surface area contributed by atoms with E-state index in [2.05, 4.69) is 36.4 Å². The highest BCUT2D eigenvalue weighted by Gasteiger charge is 2.29. The molecule has 0 saturated heterocycles. The summed E-state index contributed by atoms with van der Waals surface area (Å²) in [5.41, 5.74) is 0. The molecule has 1 aliphatic rings. The first-order valence-corrected chi connectivity index (χ1v) is 6.37. The molecule has 0 aliphatic heterocycles. The summed E-state index contributed by atoms with van der Waals surface area (Å²) in [6.07, 6.45) is 3.70. The topological polar surface area (TPSA) is 111 Å². The first-order chi connectivity index (χ1) is 9.74. The zero-order chi connectivity index (χ0) is 13.9. The zero-order valence-electron chi connectivity index (χ0n) is 10.9. The third-order valence-electron chi connectivity index (χ3n) is 2.96. The van der Waals surface area contributed by atoms with Gasteiger partial charge >= 0.3 is 6.03 Å². The molecule has 20 heavy (non-hydrogen) atoms. The van der Waals surface area contributed by atoms with Gasteiger partial charge in [-0.1, -0.05) is 0 Å². The van der Waals surface area contributed by atoms with Gasteiger partial charge in [-0.3, -0.25) is 5.32 Å². The Bertz CT molecular complexity index is 593. The van der Waals surface area contributed by atoms with Gasteiger partial charge in [-0.05, 0) is 42.3 Å². The molecule has 1 atom stereocenters. The number of amides is 2. The smallest absolute Gasteiger partial charge is 0.321 e. The van der Waals surface area contributed by atoms with Gasteiger partial charge in [-0.25, -0.2) is 9.48 Å². The Morgan fingerprint density at radius 3 is 3.00 bits per heavy atom. The third kappa shape index (κ3) is 2.71. The second-order valence-electron chi connectivity index (χ2n) is 4.64. The van der Waals surface area contributed by atoms with E-state index in [1.54, 1.807) is 16.8 Å². The summed E-state index contributed by atoms with van der Waals surface area (Å²) in [6.45, 7) is 1.83. The molecule has 0 aromatic carbocycles. The average molecular weight is 274 g/mol. The summed E-state index contributed by atoms with van der Waals surface area (Å²) >= 11 is 0. The Kier molecular flexibility index (Phi) is 3.23. The molecule has 1 fully saturated rings. The first-order valence-electron chi connectivity index (χ1n) is 6.37. The van der Waals surface area contributed by atoms with Crippen molar-refractivity contribution in [2.45, 2.75) is 31.8 Å². The number of carbonyl (C=O) groups excluding carboxylic acids is 1. The molecule has 0 spiro atoms. The number of tetrazole rings is 1. The Hall–Kier alpha value is -2.58. The highest BCUT2D eigenvalue weighted by molar-refractivity contribution is 5.88. The Labute approximate surface area is 114 Å². The van der Waals surface area contributed by atoms with E-state index in [0.29, 0.717) is 17.7 Å². The molecule has 2 heterocycles. The van der Waals surface area contributed by atoms with Crippen LogP contribution in [0.15, 0.2) is 18.3 Å². The van der Waals surface area contributed by atoms with Crippen LogP contribution in [0.25, 0.3) is 0 Å². The van der Waals surface area contributed by atoms with Gasteiger partial charge in [0.1, 0.15) is 0 Å². The molecular weight excluding hydrogens is 260 g/mol. The minimum Gasteiger partial charge on any atom is -0.328 e. The summed E-state index contributed by atoms with van der Waals surface area (Å²) < 4.78 is 1.77. The maximum atomic E-state index is 11.8. The maximum absolute atomic E-state index is 11.8. The number of anilines is 1. The van der Waals surface area contributed by atoms with Crippen molar-refractivity contribution in [3.05, 3.63) is 24.2 Å². The first kappa shape index (κ1) is 12.5. The van der Waals surface area contributed by atoms with Crippen molar-refractivity contribution in [3.8, 4) is 0 Å². The van der Waals surface area contributed by atoms with Crippen LogP contribution in [0.5, 0.6) is 0 Å². The van der Waals surface area contributed by atoms with Gasteiger partial charge < -0.3 is 5.32 Å². The largest absolute Gasteiger partial charge is 0.328 e. The van der Waals surface area contributed by atoms with Crippen LogP contribution in [0.3, 0.4) is 0 Å². The molecule has 2 aromatic rings. The molecule has 1 aliphatic carbocycles. The van der Waals surface area contributed by atoms with Gasteiger partial charge in [0.15, 0.2) is 11.6 Å². The van der Waals surface area contributed by atoms with E-state index in [4.69, 9.17) is 0 Å². The van der Waals surface area contributed by atoms with Crippen LogP contribution in [-0.4, -0.2) is 36.4 Å². The number of urea groups is 1. The second kappa shape index (κ2) is 5.19. The minimum absolute atomic E-state index is 0.290. The summed E-state index contributed by atoms with van der Waals surface area (Å²) in [4.78, 5) is 11.8. The number of hydrogen-bond donors (Lipinski definition) is 2. The van der Waals surface area contributed by atoms with Crippen LogP contribution in [0.4, 0.5) is 10.6 Å². The van der Waals surface area contributed by atoms with E-state index < -0.39 is 0 Å². The number of nitrogens with zero attached hydrogens (tertiary/aromatic N) is 6. The molecule has 0 unspecified atom stereocenters. The molecule has 2 amide bonds. The fraction of sp³-hybridized carbons (Fsp3) is 0.455. The van der Waals surface area contributed by atoms with Gasteiger partial charge in [0.2, 0.25) is 0 Å². The summed E-state index contributed by atoms with van der Waals surface area (Å²) in [7, 11) is 0. The van der Waals surface area contributed by atoms with Crippen LogP contribution in [0, 0.1) is 0 Å². The molecule has 9 nitrogen and oxygen atoms in total. The monoisotopic (exact) mass is 274 g/mol. The predicted octanol–water partition coefficient (Wildman–Crippen LogP) is 0.681. The minimum atomic E-state index is -0.372. The number of aromatic nitrogens is 6. The standard InChI is InChI=1S/C11H14N8O/c1-7(10-16-17-18-19(10)8-4-5-8)13-11(20)14-9-3-2-6-12-15-9/h2-3,6-8H,4-5H2,1H3,(H2,13,14,15,20)/t7-/m0/s1. The van der Waals surface area contributed by atoms with Gasteiger partial charge in [0.05, 0.1) is 12.1 Å². The van der Waals surface area contributed by atoms with Crippen molar-refractivity contribution in [1.82, 2.24) is 35.7 Å². The Morgan fingerprint density at radius 1 is 1.45 bits per heavy atom. The fourth-order valence-corrected chi connectivity index (χ4v) is 1.85. The lowest BCUT2D eigenvalue weighted by atomic mass is 10.3. The van der Waals surface area contributed by atoms with Crippen molar-refractivity contribution >= 4 is 11.8 Å². The summed E-state index contributed by atoms with van der Waals surface area (Å²) in [5.74, 6) is 1.04. The number of carbonyl (C=O) groups is 1. The lowest BCUT2D eigenvalue weighted by Crippen LogP contribution is -2.33. The van der Waals surface area contributed by atoms with E-state index in [-0.39, 0.29) is 12.1 Å². The van der Waals surface area contributed by atoms with Crippen LogP contribution < -0.4 is 10.6 Å². The van der Waals surface area contributed by atoms with Crippen molar-refractivity contribution in [2.24, 2.45) is 0 Å². The molecule has 0 radical (unpaired) electrons. The summed E-state index contributed by atoms with van der Waals surface area (Å²) in [5, 5.41) is 24.4. The van der Waals surface area contributed by atoms with Crippen LogP contribution in [-0.2, 0) is 0 Å². The Balaban J connectivity index is 1.62. The van der Waals surface area contributed by atoms with Gasteiger partial charge in [-0.15, -0.1) is 10.2 Å². The highest BCUT2D eigenvalue weighted by atomic mass is 16.2. The predicted molar refractivity (Wildman–Crippen MR) is 68.7 cm³/mol. The molecule has 9 heteroatoms. The van der Waals surface area contributed by atoms with Crippen LogP contribution in [0.2, 0.25) is 0 Å². The van der Waals surface area contributed by atoms with Crippen LogP contribution in [0.1, 0.15) is 37.7 Å². The molecule has 104 valence electrons. The van der Waals surface area contributed by atoms with E-state index in [0.717, 1.165) is 12.8 Å². The van der Waals surface area contributed by atoms with E-state index in [1.807, 2.05) is 6.92 Å². The molecule has 0 bridgehead atoms. The lowest BCUT2D eigenvalue weighted by molar-refractivity contribution is 0.248. The van der Waals surface area contributed by atoms with Gasteiger partial charge in [-0.2, -0.15) is 5.10 Å². The van der Waals surface area contributed by atoms with Gasteiger partial charge in [0, 0.05) is 6.20 Å². The number of hydrogen-bond acceptors (Lipinski definition) is 6. The second-order valence-corrected chi connectivity index (χ2v) is 4.64. The number of nitrogens with one attached hydrogen (secondary N) is 2. The molecule has 2 N–H and O–H groups in total. The van der Waals surface area contributed by atoms with E-state index >= 15 is 0 Å².